The van der Waals surface area contributed by atoms with E-state index < -0.39 is 0 Å². The van der Waals surface area contributed by atoms with Gasteiger partial charge in [-0.15, -0.1) is 0 Å². The van der Waals surface area contributed by atoms with Crippen LogP contribution in [-0.4, -0.2) is 22.9 Å². The van der Waals surface area contributed by atoms with E-state index in [0.717, 1.165) is 25.7 Å². The third-order valence-electron chi connectivity index (χ3n) is 2.06. The molecule has 0 aromatic rings. The van der Waals surface area contributed by atoms with Crippen LogP contribution >= 0.6 is 0 Å². The molecule has 11 heavy (non-hydrogen) atoms. The van der Waals surface area contributed by atoms with Crippen LogP contribution in [0.1, 0.15) is 39.5 Å². The summed E-state index contributed by atoms with van der Waals surface area (Å²) < 4.78 is 0. The Bertz CT molecular complexity index is 83.6. The first-order chi connectivity index (χ1) is 5.22. The van der Waals surface area contributed by atoms with Crippen molar-refractivity contribution in [2.24, 2.45) is 5.92 Å². The summed E-state index contributed by atoms with van der Waals surface area (Å²) in [6.45, 7) is 4.37. The van der Waals surface area contributed by atoms with Crippen LogP contribution in [0.15, 0.2) is 0 Å². The van der Waals surface area contributed by atoms with E-state index in [1.165, 1.54) is 0 Å². The fraction of sp³-hybridized carbons (Fsp3) is 1.00. The summed E-state index contributed by atoms with van der Waals surface area (Å²) in [6.07, 6.45) is 3.43. The highest BCUT2D eigenvalue weighted by atomic mass is 16.3. The standard InChI is InChI=1S/C9H20O2/c1-3-5-8(2)9(11)6-4-7-10/h8-11H,3-7H2,1-2H3. The van der Waals surface area contributed by atoms with E-state index in [0.29, 0.717) is 5.92 Å². The minimum absolute atomic E-state index is 0.190. The van der Waals surface area contributed by atoms with Gasteiger partial charge in [-0.3, -0.25) is 0 Å². The minimum Gasteiger partial charge on any atom is -0.396 e. The van der Waals surface area contributed by atoms with E-state index in [4.69, 9.17) is 5.11 Å². The van der Waals surface area contributed by atoms with Crippen molar-refractivity contribution >= 4 is 0 Å². The third kappa shape index (κ3) is 5.22. The predicted molar refractivity (Wildman–Crippen MR) is 46.4 cm³/mol. The Hall–Kier alpha value is -0.0800. The summed E-state index contributed by atoms with van der Waals surface area (Å²) >= 11 is 0. The zero-order chi connectivity index (χ0) is 8.69. The molecule has 0 heterocycles. The molecule has 0 radical (unpaired) electrons. The average molecular weight is 160 g/mol. The van der Waals surface area contributed by atoms with Gasteiger partial charge in [0.2, 0.25) is 0 Å². The zero-order valence-electron chi connectivity index (χ0n) is 7.58. The Morgan fingerprint density at radius 1 is 1.27 bits per heavy atom. The van der Waals surface area contributed by atoms with Gasteiger partial charge in [0.1, 0.15) is 0 Å². The van der Waals surface area contributed by atoms with E-state index in [1.807, 2.05) is 0 Å². The quantitative estimate of drug-likeness (QED) is 0.619. The average Bonchev–Trinajstić information content (AvgIpc) is 2.00. The van der Waals surface area contributed by atoms with Crippen molar-refractivity contribution in [2.45, 2.75) is 45.6 Å². The number of hydrogen-bond donors (Lipinski definition) is 2. The second-order valence-electron chi connectivity index (χ2n) is 3.20. The molecule has 0 bridgehead atoms. The Labute approximate surface area is 69.2 Å². The second-order valence-corrected chi connectivity index (χ2v) is 3.20. The Balaban J connectivity index is 3.38. The normalized spacial score (nSPS) is 16.4. The maximum absolute atomic E-state index is 9.47. The van der Waals surface area contributed by atoms with Crippen molar-refractivity contribution in [3.05, 3.63) is 0 Å². The molecule has 0 aliphatic carbocycles. The van der Waals surface area contributed by atoms with Crippen molar-refractivity contribution in [3.63, 3.8) is 0 Å². The van der Waals surface area contributed by atoms with Crippen LogP contribution in [0.2, 0.25) is 0 Å². The highest BCUT2D eigenvalue weighted by Crippen LogP contribution is 2.14. The van der Waals surface area contributed by atoms with Gasteiger partial charge in [-0.25, -0.2) is 0 Å². The molecule has 0 fully saturated rings. The van der Waals surface area contributed by atoms with E-state index in [9.17, 15) is 5.11 Å². The van der Waals surface area contributed by atoms with Gasteiger partial charge in [-0.1, -0.05) is 20.3 Å². The van der Waals surface area contributed by atoms with Crippen LogP contribution in [0.5, 0.6) is 0 Å². The lowest BCUT2D eigenvalue weighted by atomic mass is 9.96. The molecule has 0 aromatic carbocycles. The second kappa shape index (κ2) is 6.62. The molecular formula is C9H20O2. The first-order valence-electron chi connectivity index (χ1n) is 4.51. The molecule has 2 N–H and O–H groups in total. The molecule has 68 valence electrons. The van der Waals surface area contributed by atoms with Crippen LogP contribution in [0.3, 0.4) is 0 Å². The van der Waals surface area contributed by atoms with E-state index in [1.54, 1.807) is 0 Å². The Kier molecular flexibility index (Phi) is 6.57. The van der Waals surface area contributed by atoms with Gasteiger partial charge in [0, 0.05) is 6.61 Å². The summed E-state index contributed by atoms with van der Waals surface area (Å²) in [6, 6.07) is 0. The maximum Gasteiger partial charge on any atom is 0.0566 e. The molecule has 0 spiro atoms. The van der Waals surface area contributed by atoms with Crippen LogP contribution in [0, 0.1) is 5.92 Å². The molecule has 0 amide bonds. The number of hydrogen-bond acceptors (Lipinski definition) is 2. The lowest BCUT2D eigenvalue weighted by Gasteiger charge is -2.17. The number of aliphatic hydroxyl groups excluding tert-OH is 2. The summed E-state index contributed by atoms with van der Waals surface area (Å²) in [4.78, 5) is 0. The summed E-state index contributed by atoms with van der Waals surface area (Å²) in [5.74, 6) is 0.381. The molecule has 2 heteroatoms. The van der Waals surface area contributed by atoms with Gasteiger partial charge >= 0.3 is 0 Å². The smallest absolute Gasteiger partial charge is 0.0566 e. The number of aliphatic hydroxyl groups is 2. The first kappa shape index (κ1) is 10.9. The van der Waals surface area contributed by atoms with Crippen LogP contribution in [0.25, 0.3) is 0 Å². The topological polar surface area (TPSA) is 40.5 Å². The summed E-state index contributed by atoms with van der Waals surface area (Å²) in [5.41, 5.74) is 0. The molecule has 0 aliphatic rings. The molecule has 0 aromatic heterocycles. The van der Waals surface area contributed by atoms with Gasteiger partial charge in [0.25, 0.3) is 0 Å². The molecule has 2 nitrogen and oxygen atoms in total. The van der Waals surface area contributed by atoms with Gasteiger partial charge in [-0.2, -0.15) is 0 Å². The van der Waals surface area contributed by atoms with Crippen LogP contribution in [-0.2, 0) is 0 Å². The molecular weight excluding hydrogens is 140 g/mol. The predicted octanol–water partition coefficient (Wildman–Crippen LogP) is 1.56. The van der Waals surface area contributed by atoms with E-state index in [2.05, 4.69) is 13.8 Å². The van der Waals surface area contributed by atoms with Crippen molar-refractivity contribution in [1.82, 2.24) is 0 Å². The summed E-state index contributed by atoms with van der Waals surface area (Å²) in [5, 5.41) is 18.0. The fourth-order valence-corrected chi connectivity index (χ4v) is 1.23. The lowest BCUT2D eigenvalue weighted by molar-refractivity contribution is 0.0938. The van der Waals surface area contributed by atoms with Crippen LogP contribution in [0.4, 0.5) is 0 Å². The fourth-order valence-electron chi connectivity index (χ4n) is 1.23. The molecule has 2 atom stereocenters. The molecule has 0 saturated carbocycles. The van der Waals surface area contributed by atoms with E-state index in [-0.39, 0.29) is 12.7 Å². The van der Waals surface area contributed by atoms with Gasteiger partial charge in [0.15, 0.2) is 0 Å². The van der Waals surface area contributed by atoms with Crippen molar-refractivity contribution < 1.29 is 10.2 Å². The molecule has 0 aliphatic heterocycles. The Morgan fingerprint density at radius 3 is 2.36 bits per heavy atom. The Morgan fingerprint density at radius 2 is 1.91 bits per heavy atom. The minimum atomic E-state index is -0.220. The summed E-state index contributed by atoms with van der Waals surface area (Å²) in [7, 11) is 0. The highest BCUT2D eigenvalue weighted by molar-refractivity contribution is 4.63. The molecule has 0 saturated heterocycles. The van der Waals surface area contributed by atoms with Crippen molar-refractivity contribution in [2.75, 3.05) is 6.61 Å². The largest absolute Gasteiger partial charge is 0.396 e. The van der Waals surface area contributed by atoms with Crippen LogP contribution < -0.4 is 0 Å². The van der Waals surface area contributed by atoms with Gasteiger partial charge < -0.3 is 10.2 Å². The monoisotopic (exact) mass is 160 g/mol. The SMILES string of the molecule is CCCC(C)C(O)CCCO. The first-order valence-corrected chi connectivity index (χ1v) is 4.51. The number of rotatable bonds is 6. The van der Waals surface area contributed by atoms with Gasteiger partial charge in [0.05, 0.1) is 6.10 Å². The molecule has 0 rings (SSSR count). The maximum atomic E-state index is 9.47. The van der Waals surface area contributed by atoms with Crippen molar-refractivity contribution in [3.8, 4) is 0 Å². The zero-order valence-corrected chi connectivity index (χ0v) is 7.58. The molecule has 2 unspecified atom stereocenters. The highest BCUT2D eigenvalue weighted by Gasteiger charge is 2.11. The third-order valence-corrected chi connectivity index (χ3v) is 2.06. The lowest BCUT2D eigenvalue weighted by Crippen LogP contribution is -2.17. The van der Waals surface area contributed by atoms with Crippen molar-refractivity contribution in [1.29, 1.82) is 0 Å². The van der Waals surface area contributed by atoms with E-state index >= 15 is 0 Å². The van der Waals surface area contributed by atoms with Gasteiger partial charge in [-0.05, 0) is 25.2 Å².